The molecule has 9 nitrogen and oxygen atoms in total. The van der Waals surface area contributed by atoms with Crippen LogP contribution in [0.4, 0.5) is 21.8 Å². The Balaban J connectivity index is 1.72. The highest BCUT2D eigenvalue weighted by molar-refractivity contribution is 6.33. The summed E-state index contributed by atoms with van der Waals surface area (Å²) >= 11 is 6.48. The van der Waals surface area contributed by atoms with Crippen LogP contribution in [0.15, 0.2) is 73.1 Å². The molecule has 11 heteroatoms. The molecule has 1 aromatic carbocycles. The summed E-state index contributed by atoms with van der Waals surface area (Å²) in [6.45, 7) is 3.45. The van der Waals surface area contributed by atoms with Crippen molar-refractivity contribution in [2.75, 3.05) is 17.7 Å². The van der Waals surface area contributed by atoms with Crippen LogP contribution in [0, 0.1) is 0 Å². The van der Waals surface area contributed by atoms with E-state index in [1.165, 1.54) is 12.2 Å². The molecule has 0 fully saturated rings. The van der Waals surface area contributed by atoms with Gasteiger partial charge in [0.15, 0.2) is 0 Å². The van der Waals surface area contributed by atoms with Crippen LogP contribution in [0.1, 0.15) is 6.42 Å². The largest absolute Gasteiger partial charge is 0.497 e. The minimum Gasteiger partial charge on any atom is -0.497 e. The summed E-state index contributed by atoms with van der Waals surface area (Å²) in [6.07, 6.45) is 9.21. The van der Waals surface area contributed by atoms with Gasteiger partial charge < -0.3 is 20.7 Å². The van der Waals surface area contributed by atoms with Crippen molar-refractivity contribution in [3.8, 4) is 16.9 Å². The Bertz CT molecular complexity index is 1340. The summed E-state index contributed by atoms with van der Waals surface area (Å²) < 4.78 is 21.8. The van der Waals surface area contributed by atoms with Crippen LogP contribution in [-0.4, -0.2) is 38.8 Å². The molecule has 1 aliphatic carbocycles. The van der Waals surface area contributed by atoms with Gasteiger partial charge in [0.25, 0.3) is 0 Å². The van der Waals surface area contributed by atoms with Gasteiger partial charge in [0.05, 0.1) is 30.7 Å². The van der Waals surface area contributed by atoms with Crippen molar-refractivity contribution in [1.82, 2.24) is 25.1 Å². The molecule has 2 heterocycles. The van der Waals surface area contributed by atoms with Gasteiger partial charge in [-0.15, -0.1) is 0 Å². The maximum Gasteiger partial charge on any atom is 0.243 e. The summed E-state index contributed by atoms with van der Waals surface area (Å²) in [7, 11) is 3.34. The Morgan fingerprint density at radius 2 is 2.14 bits per heavy atom. The molecular weight excluding hydrogens is 473 g/mol. The molecule has 3 aromatic rings. The minimum atomic E-state index is -0.475. The molecule has 1 atom stereocenters. The number of anilines is 3. The number of rotatable bonds is 8. The highest BCUT2D eigenvalue weighted by Gasteiger charge is 2.21. The number of benzene rings is 1. The second-order valence-electron chi connectivity index (χ2n) is 7.66. The van der Waals surface area contributed by atoms with Crippen molar-refractivity contribution >= 4 is 35.0 Å². The number of aryl methyl sites for hydroxylation is 1. The molecule has 0 spiro atoms. The number of nitrogens with zero attached hydrogens (tertiary/aromatic N) is 4. The monoisotopic (exact) mass is 495 g/mol. The number of hydrogen-bond donors (Lipinski definition) is 3. The lowest BCUT2D eigenvalue weighted by molar-refractivity contribution is -0.116. The van der Waals surface area contributed by atoms with E-state index in [0.717, 1.165) is 0 Å². The number of aromatic nitrogens is 4. The number of allylic oxidation sites excluding steroid dienone is 2. The maximum atomic E-state index is 14.8. The first-order valence-corrected chi connectivity index (χ1v) is 11.0. The molecule has 180 valence electrons. The standard InChI is InChI=1S/C24H23ClFN7O2/c1-4-22(34)29-14-5-8-20(26)21(9-14)31-23-18(17-10-16(35-3)6-7-19(17)25)12-27-24(32-23)30-15-11-28-33(2)13-15/h4-8,10-14H,1,9H2,2-3H3,(H,29,34)(H2,27,30,31,32). The highest BCUT2D eigenvalue weighted by Crippen LogP contribution is 2.37. The molecule has 3 N–H and O–H groups in total. The molecule has 1 aliphatic rings. The third kappa shape index (κ3) is 5.67. The van der Waals surface area contributed by atoms with Crippen molar-refractivity contribution < 1.29 is 13.9 Å². The van der Waals surface area contributed by atoms with Crippen molar-refractivity contribution in [2.45, 2.75) is 12.5 Å². The third-order valence-electron chi connectivity index (χ3n) is 5.18. The molecule has 2 aromatic heterocycles. The fraction of sp³-hybridized carbons (Fsp3) is 0.167. The molecule has 4 rings (SSSR count). The van der Waals surface area contributed by atoms with Crippen LogP contribution in [-0.2, 0) is 11.8 Å². The Kier molecular flexibility index (Phi) is 7.11. The molecular formula is C24H23ClFN7O2. The van der Waals surface area contributed by atoms with Crippen LogP contribution in [0.25, 0.3) is 11.1 Å². The predicted molar refractivity (Wildman–Crippen MR) is 133 cm³/mol. The lowest BCUT2D eigenvalue weighted by Gasteiger charge is -2.22. The average Bonchev–Trinajstić information content (AvgIpc) is 3.26. The number of hydrogen-bond acceptors (Lipinski definition) is 7. The van der Waals surface area contributed by atoms with Gasteiger partial charge in [0.1, 0.15) is 17.4 Å². The summed E-state index contributed by atoms with van der Waals surface area (Å²) in [5, 5.41) is 13.5. The van der Waals surface area contributed by atoms with E-state index >= 15 is 0 Å². The quantitative estimate of drug-likeness (QED) is 0.395. The van der Waals surface area contributed by atoms with Gasteiger partial charge in [0, 0.05) is 42.0 Å². The van der Waals surface area contributed by atoms with Gasteiger partial charge >= 0.3 is 0 Å². The molecule has 0 aliphatic heterocycles. The first-order valence-electron chi connectivity index (χ1n) is 10.6. The van der Waals surface area contributed by atoms with Gasteiger partial charge in [-0.3, -0.25) is 9.48 Å². The topological polar surface area (TPSA) is 106 Å². The van der Waals surface area contributed by atoms with E-state index in [2.05, 4.69) is 37.6 Å². The minimum absolute atomic E-state index is 0.183. The summed E-state index contributed by atoms with van der Waals surface area (Å²) in [6, 6.07) is 4.77. The van der Waals surface area contributed by atoms with Gasteiger partial charge in [-0.25, -0.2) is 9.37 Å². The molecule has 0 radical (unpaired) electrons. The van der Waals surface area contributed by atoms with Gasteiger partial charge in [-0.05, 0) is 30.4 Å². The van der Waals surface area contributed by atoms with E-state index in [9.17, 15) is 9.18 Å². The fourth-order valence-corrected chi connectivity index (χ4v) is 3.69. The Morgan fingerprint density at radius 1 is 1.31 bits per heavy atom. The SMILES string of the molecule is C=CC(=O)NC1C=CC(F)=C(Nc2nc(Nc3cnn(C)c3)ncc2-c2cc(OC)ccc2Cl)C1. The van der Waals surface area contributed by atoms with Gasteiger partial charge in [0.2, 0.25) is 11.9 Å². The number of carbonyl (C=O) groups excluding carboxylic acids is 1. The fourth-order valence-electron chi connectivity index (χ4n) is 3.47. The maximum absolute atomic E-state index is 14.8. The Morgan fingerprint density at radius 3 is 2.86 bits per heavy atom. The van der Waals surface area contributed by atoms with E-state index in [-0.39, 0.29) is 24.0 Å². The number of ether oxygens (including phenoxy) is 1. The highest BCUT2D eigenvalue weighted by atomic mass is 35.5. The lowest BCUT2D eigenvalue weighted by Crippen LogP contribution is -2.34. The van der Waals surface area contributed by atoms with Crippen LogP contribution in [0.2, 0.25) is 5.02 Å². The number of methoxy groups -OCH3 is 1. The zero-order valence-corrected chi connectivity index (χ0v) is 19.8. The van der Waals surface area contributed by atoms with Crippen LogP contribution in [0.5, 0.6) is 5.75 Å². The van der Waals surface area contributed by atoms with Crippen molar-refractivity contribution in [3.05, 3.63) is 78.1 Å². The normalized spacial score (nSPS) is 15.0. The number of nitrogens with one attached hydrogen (secondary N) is 3. The predicted octanol–water partition coefficient (Wildman–Crippen LogP) is 4.51. The van der Waals surface area contributed by atoms with E-state index in [1.807, 2.05) is 0 Å². The molecule has 1 amide bonds. The average molecular weight is 496 g/mol. The second kappa shape index (κ2) is 10.4. The summed E-state index contributed by atoms with van der Waals surface area (Å²) in [5.74, 6) is 0.348. The van der Waals surface area contributed by atoms with Crippen LogP contribution in [0.3, 0.4) is 0 Å². The lowest BCUT2D eigenvalue weighted by atomic mass is 10.0. The first kappa shape index (κ1) is 24.0. The summed E-state index contributed by atoms with van der Waals surface area (Å²) in [5.41, 5.74) is 2.06. The zero-order chi connectivity index (χ0) is 24.9. The van der Waals surface area contributed by atoms with Crippen molar-refractivity contribution in [3.63, 3.8) is 0 Å². The molecule has 1 unspecified atom stereocenters. The van der Waals surface area contributed by atoms with E-state index in [1.54, 1.807) is 61.7 Å². The van der Waals surface area contributed by atoms with Gasteiger partial charge in [-0.2, -0.15) is 10.1 Å². The third-order valence-corrected chi connectivity index (χ3v) is 5.51. The number of carbonyl (C=O) groups is 1. The number of amides is 1. The molecule has 0 saturated carbocycles. The molecule has 0 bridgehead atoms. The van der Waals surface area contributed by atoms with Crippen LogP contribution < -0.4 is 20.7 Å². The second-order valence-corrected chi connectivity index (χ2v) is 8.07. The van der Waals surface area contributed by atoms with Crippen LogP contribution >= 0.6 is 11.6 Å². The summed E-state index contributed by atoms with van der Waals surface area (Å²) in [4.78, 5) is 20.7. The van der Waals surface area contributed by atoms with Crippen molar-refractivity contribution in [1.29, 1.82) is 0 Å². The molecule has 0 saturated heterocycles. The Labute approximate surface area is 206 Å². The first-order chi connectivity index (χ1) is 16.9. The van der Waals surface area contributed by atoms with E-state index < -0.39 is 11.9 Å². The van der Waals surface area contributed by atoms with E-state index in [4.69, 9.17) is 16.3 Å². The van der Waals surface area contributed by atoms with Gasteiger partial charge in [-0.1, -0.05) is 24.3 Å². The van der Waals surface area contributed by atoms with Crippen molar-refractivity contribution in [2.24, 2.45) is 7.05 Å². The zero-order valence-electron chi connectivity index (χ0n) is 19.0. The van der Waals surface area contributed by atoms with E-state index in [0.29, 0.717) is 33.4 Å². The molecule has 35 heavy (non-hydrogen) atoms. The smallest absolute Gasteiger partial charge is 0.243 e. The Hall–Kier alpha value is -4.18. The number of halogens is 2.